The number of ether oxygens (including phenoxy) is 1. The highest BCUT2D eigenvalue weighted by Crippen LogP contribution is 2.51. The molecule has 0 aliphatic heterocycles. The summed E-state index contributed by atoms with van der Waals surface area (Å²) < 4.78 is 5.76. The molecule has 120 valence electrons. The minimum Gasteiger partial charge on any atom is -0.456 e. The summed E-state index contributed by atoms with van der Waals surface area (Å²) in [6.45, 7) is 1.98. The van der Waals surface area contributed by atoms with Crippen molar-refractivity contribution >= 4 is 5.69 Å². The molecule has 0 radical (unpaired) electrons. The van der Waals surface area contributed by atoms with Gasteiger partial charge in [0.25, 0.3) is 0 Å². The predicted octanol–water partition coefficient (Wildman–Crippen LogP) is 3.84. The molecule has 0 amide bonds. The lowest BCUT2D eigenvalue weighted by atomic mass is 9.83. The molecule has 4 atom stereocenters. The zero-order chi connectivity index (χ0) is 15.9. The summed E-state index contributed by atoms with van der Waals surface area (Å²) in [5.41, 5.74) is 0.658. The van der Waals surface area contributed by atoms with Crippen molar-refractivity contribution < 1.29 is 9.84 Å². The molecular formula is C19H22N2O2. The van der Waals surface area contributed by atoms with Crippen molar-refractivity contribution in [2.75, 3.05) is 5.32 Å². The molecule has 1 unspecified atom stereocenters. The summed E-state index contributed by atoms with van der Waals surface area (Å²) in [6, 6.07) is 12.3. The van der Waals surface area contributed by atoms with Crippen LogP contribution >= 0.6 is 0 Å². The molecule has 2 bridgehead atoms. The van der Waals surface area contributed by atoms with E-state index in [1.807, 2.05) is 31.2 Å². The first-order chi connectivity index (χ1) is 11.1. The van der Waals surface area contributed by atoms with Gasteiger partial charge in [-0.15, -0.1) is 0 Å². The lowest BCUT2D eigenvalue weighted by Gasteiger charge is -2.33. The number of hydrogen-bond acceptors (Lipinski definition) is 4. The van der Waals surface area contributed by atoms with Crippen molar-refractivity contribution in [2.24, 2.45) is 11.8 Å². The van der Waals surface area contributed by atoms with Gasteiger partial charge >= 0.3 is 0 Å². The Morgan fingerprint density at radius 1 is 1.17 bits per heavy atom. The van der Waals surface area contributed by atoms with Crippen molar-refractivity contribution in [3.8, 4) is 11.5 Å². The van der Waals surface area contributed by atoms with Gasteiger partial charge < -0.3 is 15.2 Å². The molecular weight excluding hydrogens is 288 g/mol. The van der Waals surface area contributed by atoms with Crippen LogP contribution in [0.1, 0.15) is 26.2 Å². The van der Waals surface area contributed by atoms with Gasteiger partial charge in [-0.3, -0.25) is 4.98 Å². The molecule has 1 heterocycles. The van der Waals surface area contributed by atoms with Gasteiger partial charge in [-0.05, 0) is 74.4 Å². The number of benzene rings is 1. The van der Waals surface area contributed by atoms with Gasteiger partial charge in [0.15, 0.2) is 0 Å². The van der Waals surface area contributed by atoms with Gasteiger partial charge in [0.05, 0.1) is 11.8 Å². The lowest BCUT2D eigenvalue weighted by molar-refractivity contribution is 0.00299. The quantitative estimate of drug-likeness (QED) is 0.901. The number of anilines is 1. The van der Waals surface area contributed by atoms with Gasteiger partial charge in [-0.1, -0.05) is 0 Å². The number of nitrogens with zero attached hydrogens (tertiary/aromatic N) is 1. The van der Waals surface area contributed by atoms with Crippen LogP contribution in [0.25, 0.3) is 0 Å². The van der Waals surface area contributed by atoms with E-state index in [-0.39, 0.29) is 0 Å². The second kappa shape index (κ2) is 5.53. The normalized spacial score (nSPS) is 32.0. The summed E-state index contributed by atoms with van der Waals surface area (Å²) in [5, 5.41) is 13.9. The van der Waals surface area contributed by atoms with Crippen LogP contribution in [-0.4, -0.2) is 21.7 Å². The maximum Gasteiger partial charge on any atom is 0.145 e. The third-order valence-corrected chi connectivity index (χ3v) is 5.33. The molecule has 2 saturated carbocycles. The second-order valence-corrected chi connectivity index (χ2v) is 7.06. The van der Waals surface area contributed by atoms with Crippen molar-refractivity contribution in [3.63, 3.8) is 0 Å². The average molecular weight is 310 g/mol. The SMILES string of the molecule is C[C@@]1(O)C[C@@H]2C[C@H]1CC2Nc1ccc(Oc2cccnc2)cc1. The Hall–Kier alpha value is -2.07. The lowest BCUT2D eigenvalue weighted by Crippen LogP contribution is -2.38. The van der Waals surface area contributed by atoms with E-state index >= 15 is 0 Å². The van der Waals surface area contributed by atoms with E-state index < -0.39 is 5.60 Å². The fourth-order valence-corrected chi connectivity index (χ4v) is 4.11. The van der Waals surface area contributed by atoms with E-state index in [4.69, 9.17) is 4.74 Å². The average Bonchev–Trinajstić information content (AvgIpc) is 3.06. The zero-order valence-corrected chi connectivity index (χ0v) is 13.3. The van der Waals surface area contributed by atoms with Crippen molar-refractivity contribution in [2.45, 2.75) is 37.8 Å². The minimum absolute atomic E-state index is 0.443. The number of aromatic nitrogens is 1. The van der Waals surface area contributed by atoms with E-state index in [1.165, 1.54) is 0 Å². The van der Waals surface area contributed by atoms with E-state index in [0.717, 1.165) is 36.4 Å². The number of hydrogen-bond donors (Lipinski definition) is 2. The number of fused-ring (bicyclic) bond motifs is 2. The number of pyridine rings is 1. The fraction of sp³-hybridized carbons (Fsp3) is 0.421. The van der Waals surface area contributed by atoms with E-state index in [0.29, 0.717) is 17.9 Å². The summed E-state index contributed by atoms with van der Waals surface area (Å²) in [5.74, 6) is 2.57. The standard InChI is InChI=1S/C19H22N2O2/c1-19(22)11-13-9-14(19)10-18(13)21-15-4-6-16(7-5-15)23-17-3-2-8-20-12-17/h2-8,12-14,18,21-22H,9-11H2,1H3/t13-,14-,18?,19+/m0/s1. The topological polar surface area (TPSA) is 54.4 Å². The van der Waals surface area contributed by atoms with Crippen LogP contribution in [0.5, 0.6) is 11.5 Å². The van der Waals surface area contributed by atoms with Gasteiger partial charge in [0.2, 0.25) is 0 Å². The molecule has 1 aromatic heterocycles. The molecule has 0 saturated heterocycles. The minimum atomic E-state index is -0.454. The third kappa shape index (κ3) is 2.91. The van der Waals surface area contributed by atoms with Crippen LogP contribution in [-0.2, 0) is 0 Å². The van der Waals surface area contributed by atoms with Crippen LogP contribution in [0.2, 0.25) is 0 Å². The van der Waals surface area contributed by atoms with Crippen molar-refractivity contribution in [1.82, 2.24) is 4.98 Å². The first-order valence-electron chi connectivity index (χ1n) is 8.27. The summed E-state index contributed by atoms with van der Waals surface area (Å²) in [7, 11) is 0. The summed E-state index contributed by atoms with van der Waals surface area (Å²) in [6.07, 6.45) is 6.55. The Labute approximate surface area is 136 Å². The molecule has 1 aromatic carbocycles. The molecule has 2 aliphatic rings. The Morgan fingerprint density at radius 2 is 2.00 bits per heavy atom. The van der Waals surface area contributed by atoms with Crippen LogP contribution in [0.3, 0.4) is 0 Å². The number of nitrogens with one attached hydrogen (secondary N) is 1. The summed E-state index contributed by atoms with van der Waals surface area (Å²) >= 11 is 0. The highest BCUT2D eigenvalue weighted by molar-refractivity contribution is 5.48. The fourth-order valence-electron chi connectivity index (χ4n) is 4.11. The maximum absolute atomic E-state index is 10.3. The Bertz CT molecular complexity index is 670. The third-order valence-electron chi connectivity index (χ3n) is 5.33. The molecule has 0 spiro atoms. The van der Waals surface area contributed by atoms with E-state index in [1.54, 1.807) is 12.4 Å². The predicted molar refractivity (Wildman–Crippen MR) is 89.6 cm³/mol. The molecule has 4 nitrogen and oxygen atoms in total. The number of aliphatic hydroxyl groups is 1. The molecule has 2 aromatic rings. The Morgan fingerprint density at radius 3 is 2.61 bits per heavy atom. The van der Waals surface area contributed by atoms with E-state index in [9.17, 15) is 5.11 Å². The highest BCUT2D eigenvalue weighted by Gasteiger charge is 2.51. The van der Waals surface area contributed by atoms with Crippen molar-refractivity contribution in [1.29, 1.82) is 0 Å². The van der Waals surface area contributed by atoms with Crippen molar-refractivity contribution in [3.05, 3.63) is 48.8 Å². The first-order valence-corrected chi connectivity index (χ1v) is 8.27. The van der Waals surface area contributed by atoms with Gasteiger partial charge in [0.1, 0.15) is 11.5 Å². The molecule has 2 N–H and O–H groups in total. The van der Waals surface area contributed by atoms with Crippen LogP contribution < -0.4 is 10.1 Å². The maximum atomic E-state index is 10.3. The van der Waals surface area contributed by atoms with Gasteiger partial charge in [0, 0.05) is 17.9 Å². The largest absolute Gasteiger partial charge is 0.456 e. The monoisotopic (exact) mass is 310 g/mol. The Kier molecular flexibility index (Phi) is 3.49. The number of rotatable bonds is 4. The molecule has 4 heteroatoms. The highest BCUT2D eigenvalue weighted by atomic mass is 16.5. The molecule has 2 fully saturated rings. The van der Waals surface area contributed by atoms with E-state index in [2.05, 4.69) is 22.4 Å². The van der Waals surface area contributed by atoms with Crippen LogP contribution in [0.15, 0.2) is 48.8 Å². The van der Waals surface area contributed by atoms with Gasteiger partial charge in [-0.2, -0.15) is 0 Å². The first kappa shape index (κ1) is 14.5. The van der Waals surface area contributed by atoms with Crippen LogP contribution in [0, 0.1) is 11.8 Å². The second-order valence-electron chi connectivity index (χ2n) is 7.06. The molecule has 23 heavy (non-hydrogen) atoms. The van der Waals surface area contributed by atoms with Crippen LogP contribution in [0.4, 0.5) is 5.69 Å². The summed E-state index contributed by atoms with van der Waals surface area (Å²) in [4.78, 5) is 4.04. The van der Waals surface area contributed by atoms with Gasteiger partial charge in [-0.25, -0.2) is 0 Å². The smallest absolute Gasteiger partial charge is 0.145 e. The molecule has 4 rings (SSSR count). The zero-order valence-electron chi connectivity index (χ0n) is 13.3. The Balaban J connectivity index is 1.38. The molecule has 2 aliphatic carbocycles.